The Morgan fingerprint density at radius 3 is 2.54 bits per heavy atom. The van der Waals surface area contributed by atoms with E-state index in [-0.39, 0.29) is 28.2 Å². The Balaban J connectivity index is 0.00000167. The molecule has 1 atom stereocenters. The molecule has 1 aromatic heterocycles. The summed E-state index contributed by atoms with van der Waals surface area (Å²) in [6.07, 6.45) is 1.98. The van der Waals surface area contributed by atoms with Crippen LogP contribution in [0, 0.1) is 5.82 Å². The molecule has 3 aromatic rings. The molecule has 0 spiro atoms. The van der Waals surface area contributed by atoms with E-state index in [0.717, 1.165) is 3.97 Å². The minimum atomic E-state index is -4.03. The summed E-state index contributed by atoms with van der Waals surface area (Å²) < 4.78 is 48.8. The van der Waals surface area contributed by atoms with E-state index >= 15 is 0 Å². The first-order valence-corrected chi connectivity index (χ1v) is 13.1. The largest absolute Gasteiger partial charge is 0.488 e. The number of halogens is 1. The van der Waals surface area contributed by atoms with Crippen molar-refractivity contribution < 1.29 is 22.3 Å². The van der Waals surface area contributed by atoms with Gasteiger partial charge in [0.2, 0.25) is 5.91 Å². The molecule has 9 heteroatoms. The molecule has 1 aliphatic heterocycles. The van der Waals surface area contributed by atoms with Crippen LogP contribution in [-0.2, 0) is 21.4 Å². The summed E-state index contributed by atoms with van der Waals surface area (Å²) in [7, 11) is -2.28. The Morgan fingerprint density at radius 1 is 1.14 bits per heavy atom. The lowest BCUT2D eigenvalue weighted by Gasteiger charge is -2.16. The number of carbonyl (C=O) groups excluding carboxylic acids is 1. The molecule has 188 valence electrons. The molecule has 1 saturated heterocycles. The van der Waals surface area contributed by atoms with Gasteiger partial charge in [-0.05, 0) is 42.9 Å². The van der Waals surface area contributed by atoms with Crippen molar-refractivity contribution in [2.75, 3.05) is 20.1 Å². The molecule has 35 heavy (non-hydrogen) atoms. The fourth-order valence-electron chi connectivity index (χ4n) is 3.99. The molecule has 7 nitrogen and oxygen atoms in total. The van der Waals surface area contributed by atoms with Gasteiger partial charge in [0.15, 0.2) is 0 Å². The monoisotopic (exact) mass is 501 g/mol. The number of hydrogen-bond acceptors (Lipinski definition) is 5. The summed E-state index contributed by atoms with van der Waals surface area (Å²) in [4.78, 5) is 13.3. The average molecular weight is 502 g/mol. The van der Waals surface area contributed by atoms with Crippen LogP contribution in [0.2, 0.25) is 0 Å². The van der Waals surface area contributed by atoms with Gasteiger partial charge in [0.1, 0.15) is 17.7 Å². The molecule has 1 fully saturated rings. The highest BCUT2D eigenvalue weighted by molar-refractivity contribution is 7.90. The number of amides is 1. The quantitative estimate of drug-likeness (QED) is 0.523. The number of ether oxygens (including phenoxy) is 1. The number of nitrogens with one attached hydrogen (secondary N) is 1. The van der Waals surface area contributed by atoms with E-state index in [0.29, 0.717) is 37.4 Å². The van der Waals surface area contributed by atoms with Crippen molar-refractivity contribution in [3.05, 3.63) is 72.2 Å². The Bertz CT molecular complexity index is 1270. The Labute approximate surface area is 206 Å². The van der Waals surface area contributed by atoms with Crippen LogP contribution in [0.3, 0.4) is 0 Å². The number of benzene rings is 2. The molecule has 2 aromatic carbocycles. The van der Waals surface area contributed by atoms with E-state index in [1.165, 1.54) is 31.3 Å². The molecule has 1 N–H and O–H groups in total. The lowest BCUT2D eigenvalue weighted by molar-refractivity contribution is -0.128. The zero-order valence-corrected chi connectivity index (χ0v) is 21.3. The van der Waals surface area contributed by atoms with Crippen molar-refractivity contribution in [1.29, 1.82) is 0 Å². The standard InChI is InChI=1S/C24H26FN3O4S.C2H6/c1-17(29)27-11-10-20(16-27)32-19-6-5-7-21(13-19)33(30,31)28-15-18(14-26-2)12-24(28)22-8-3-4-9-23(22)25;1-2/h3-9,12-13,15,20,26H,10-11,14,16H2,1-2H3;1-2H3. The van der Waals surface area contributed by atoms with E-state index in [1.54, 1.807) is 48.3 Å². The second-order valence-corrected chi connectivity index (χ2v) is 9.83. The molecule has 0 aliphatic carbocycles. The van der Waals surface area contributed by atoms with Crippen LogP contribution in [0.4, 0.5) is 4.39 Å². The Kier molecular flexibility index (Phi) is 8.69. The summed E-state index contributed by atoms with van der Waals surface area (Å²) in [5.74, 6) is -0.110. The van der Waals surface area contributed by atoms with E-state index in [4.69, 9.17) is 4.74 Å². The average Bonchev–Trinajstić information content (AvgIpc) is 3.49. The van der Waals surface area contributed by atoms with Gasteiger partial charge in [-0.25, -0.2) is 16.8 Å². The zero-order chi connectivity index (χ0) is 25.6. The molecular formula is C26H32FN3O4S. The maximum absolute atomic E-state index is 14.5. The van der Waals surface area contributed by atoms with Crippen LogP contribution in [0.5, 0.6) is 5.75 Å². The lowest BCUT2D eigenvalue weighted by atomic mass is 10.1. The topological polar surface area (TPSA) is 80.6 Å². The number of carbonyl (C=O) groups is 1. The summed E-state index contributed by atoms with van der Waals surface area (Å²) in [6, 6.07) is 14.0. The van der Waals surface area contributed by atoms with Crippen molar-refractivity contribution in [3.8, 4) is 17.0 Å². The van der Waals surface area contributed by atoms with Crippen LogP contribution in [0.25, 0.3) is 11.3 Å². The summed E-state index contributed by atoms with van der Waals surface area (Å²) in [5, 5.41) is 2.99. The van der Waals surface area contributed by atoms with E-state index in [2.05, 4.69) is 5.32 Å². The number of aromatic nitrogens is 1. The summed E-state index contributed by atoms with van der Waals surface area (Å²) in [5.41, 5.74) is 1.16. The van der Waals surface area contributed by atoms with Gasteiger partial charge in [-0.2, -0.15) is 0 Å². The van der Waals surface area contributed by atoms with E-state index < -0.39 is 15.8 Å². The Morgan fingerprint density at radius 2 is 1.89 bits per heavy atom. The maximum Gasteiger partial charge on any atom is 0.268 e. The highest BCUT2D eigenvalue weighted by atomic mass is 32.2. The SMILES string of the molecule is CC.CNCc1cc(-c2ccccc2F)n(S(=O)(=O)c2cccc(OC3CCN(C(C)=O)C3)c2)c1. The first kappa shape index (κ1) is 26.4. The number of nitrogens with zero attached hydrogens (tertiary/aromatic N) is 2. The fourth-order valence-corrected chi connectivity index (χ4v) is 5.41. The van der Waals surface area contributed by atoms with Crippen molar-refractivity contribution in [1.82, 2.24) is 14.2 Å². The molecule has 1 aliphatic rings. The zero-order valence-electron chi connectivity index (χ0n) is 20.5. The lowest BCUT2D eigenvalue weighted by Crippen LogP contribution is -2.28. The van der Waals surface area contributed by atoms with Crippen LogP contribution < -0.4 is 10.1 Å². The van der Waals surface area contributed by atoms with Gasteiger partial charge in [-0.3, -0.25) is 4.79 Å². The predicted molar refractivity (Wildman–Crippen MR) is 134 cm³/mol. The number of rotatable bonds is 7. The maximum atomic E-state index is 14.5. The molecular weight excluding hydrogens is 469 g/mol. The fraction of sp³-hybridized carbons (Fsp3) is 0.346. The van der Waals surface area contributed by atoms with Gasteiger partial charge in [-0.15, -0.1) is 0 Å². The molecule has 0 radical (unpaired) electrons. The van der Waals surface area contributed by atoms with Gasteiger partial charge in [0.25, 0.3) is 10.0 Å². The van der Waals surface area contributed by atoms with Gasteiger partial charge in [0.05, 0.1) is 17.1 Å². The minimum absolute atomic E-state index is 0.0110. The second kappa shape index (κ2) is 11.5. The minimum Gasteiger partial charge on any atom is -0.488 e. The first-order valence-electron chi connectivity index (χ1n) is 11.7. The molecule has 2 heterocycles. The van der Waals surface area contributed by atoms with E-state index in [9.17, 15) is 17.6 Å². The smallest absolute Gasteiger partial charge is 0.268 e. The molecule has 0 bridgehead atoms. The summed E-state index contributed by atoms with van der Waals surface area (Å²) in [6.45, 7) is 7.03. The first-order chi connectivity index (χ1) is 16.8. The number of likely N-dealkylation sites (tertiary alicyclic amines) is 1. The van der Waals surface area contributed by atoms with Crippen molar-refractivity contribution in [2.24, 2.45) is 0 Å². The van der Waals surface area contributed by atoms with E-state index in [1.807, 2.05) is 13.8 Å². The highest BCUT2D eigenvalue weighted by Crippen LogP contribution is 2.30. The van der Waals surface area contributed by atoms with Crippen LogP contribution in [0.15, 0.2) is 65.7 Å². The Hall–Kier alpha value is -3.17. The summed E-state index contributed by atoms with van der Waals surface area (Å²) >= 11 is 0. The van der Waals surface area contributed by atoms with Crippen LogP contribution in [0.1, 0.15) is 32.8 Å². The molecule has 0 saturated carbocycles. The van der Waals surface area contributed by atoms with Crippen LogP contribution in [-0.4, -0.2) is 49.4 Å². The third-order valence-electron chi connectivity index (χ3n) is 5.63. The van der Waals surface area contributed by atoms with Crippen molar-refractivity contribution in [3.63, 3.8) is 0 Å². The number of hydrogen-bond donors (Lipinski definition) is 1. The van der Waals surface area contributed by atoms with Gasteiger partial charge >= 0.3 is 0 Å². The van der Waals surface area contributed by atoms with Crippen molar-refractivity contribution >= 4 is 15.9 Å². The third kappa shape index (κ3) is 5.91. The second-order valence-electron chi connectivity index (χ2n) is 8.01. The highest BCUT2D eigenvalue weighted by Gasteiger charge is 2.27. The van der Waals surface area contributed by atoms with Gasteiger partial charge in [0, 0.05) is 44.3 Å². The van der Waals surface area contributed by atoms with Gasteiger partial charge < -0.3 is 15.0 Å². The van der Waals surface area contributed by atoms with Gasteiger partial charge in [-0.1, -0.05) is 32.0 Å². The van der Waals surface area contributed by atoms with Crippen molar-refractivity contribution in [2.45, 2.75) is 44.7 Å². The molecule has 1 amide bonds. The third-order valence-corrected chi connectivity index (χ3v) is 7.30. The normalized spacial score (nSPS) is 15.5. The molecule has 1 unspecified atom stereocenters. The predicted octanol–water partition coefficient (Wildman–Crippen LogP) is 4.28. The molecule has 4 rings (SSSR count). The van der Waals surface area contributed by atoms with Crippen LogP contribution >= 0.6 is 0 Å².